The van der Waals surface area contributed by atoms with E-state index < -0.39 is 23.7 Å². The molecule has 0 aliphatic rings. The van der Waals surface area contributed by atoms with Gasteiger partial charge in [0.25, 0.3) is 0 Å². The molecule has 0 fully saturated rings. The van der Waals surface area contributed by atoms with Crippen molar-refractivity contribution >= 4 is 45.1 Å². The summed E-state index contributed by atoms with van der Waals surface area (Å²) in [5.74, 6) is -2.50. The normalized spacial score (nSPS) is 12.3. The van der Waals surface area contributed by atoms with Crippen LogP contribution in [0.25, 0.3) is 0 Å². The van der Waals surface area contributed by atoms with Crippen LogP contribution in [-0.4, -0.2) is 45.8 Å². The molecule has 0 radical (unpaired) electrons. The van der Waals surface area contributed by atoms with Gasteiger partial charge >= 0.3 is 11.8 Å². The summed E-state index contributed by atoms with van der Waals surface area (Å²) in [5.41, 5.74) is 5.29. The summed E-state index contributed by atoms with van der Waals surface area (Å²) in [5, 5.41) is 27.6. The molecule has 2 rings (SSSR count). The van der Waals surface area contributed by atoms with E-state index in [-0.39, 0.29) is 28.4 Å². The van der Waals surface area contributed by atoms with Gasteiger partial charge in [0.2, 0.25) is 11.7 Å². The SMILES string of the molecule is CC(CNC(=O)C(N)=O)Nc1nonc1/C(=N/O)Nc1ccc(F)c(Br)c1. The van der Waals surface area contributed by atoms with Crippen molar-refractivity contribution in [3.63, 3.8) is 0 Å². The number of benzene rings is 1. The van der Waals surface area contributed by atoms with Gasteiger partial charge in [0.1, 0.15) is 5.82 Å². The third-order valence-corrected chi connectivity index (χ3v) is 3.78. The van der Waals surface area contributed by atoms with Gasteiger partial charge in [0.15, 0.2) is 5.69 Å². The predicted molar refractivity (Wildman–Crippen MR) is 95.6 cm³/mol. The van der Waals surface area contributed by atoms with Crippen molar-refractivity contribution in [1.29, 1.82) is 0 Å². The zero-order valence-electron chi connectivity index (χ0n) is 13.9. The topological polar surface area (TPSA) is 168 Å². The molecule has 0 saturated carbocycles. The number of halogens is 2. The lowest BCUT2D eigenvalue weighted by Gasteiger charge is -2.14. The van der Waals surface area contributed by atoms with E-state index in [1.807, 2.05) is 0 Å². The van der Waals surface area contributed by atoms with Crippen molar-refractivity contribution in [2.75, 3.05) is 17.2 Å². The third-order valence-electron chi connectivity index (χ3n) is 3.17. The lowest BCUT2D eigenvalue weighted by Crippen LogP contribution is -2.41. The molecule has 1 atom stereocenters. The Bertz CT molecular complexity index is 873. The van der Waals surface area contributed by atoms with Gasteiger partial charge in [-0.3, -0.25) is 9.59 Å². The molecule has 0 spiro atoms. The molecule has 1 aromatic carbocycles. The van der Waals surface area contributed by atoms with Crippen molar-refractivity contribution < 1.29 is 23.8 Å². The van der Waals surface area contributed by atoms with Crippen LogP contribution in [0.4, 0.5) is 15.9 Å². The van der Waals surface area contributed by atoms with Gasteiger partial charge in [-0.1, -0.05) is 5.16 Å². The van der Waals surface area contributed by atoms with Crippen molar-refractivity contribution in [2.24, 2.45) is 10.9 Å². The minimum Gasteiger partial charge on any atom is -0.409 e. The summed E-state index contributed by atoms with van der Waals surface area (Å²) < 4.78 is 18.2. The molecule has 13 heteroatoms. The van der Waals surface area contributed by atoms with Crippen molar-refractivity contribution in [3.8, 4) is 0 Å². The summed E-state index contributed by atoms with van der Waals surface area (Å²) in [7, 11) is 0. The van der Waals surface area contributed by atoms with Gasteiger partial charge in [0.05, 0.1) is 4.47 Å². The minimum atomic E-state index is -1.10. The highest BCUT2D eigenvalue weighted by Gasteiger charge is 2.20. The number of carbonyl (C=O) groups excluding carboxylic acids is 2. The molecule has 0 aliphatic carbocycles. The van der Waals surface area contributed by atoms with Gasteiger partial charge < -0.3 is 26.9 Å². The van der Waals surface area contributed by atoms with Gasteiger partial charge in [-0.25, -0.2) is 9.02 Å². The maximum atomic E-state index is 13.3. The van der Waals surface area contributed by atoms with E-state index in [0.29, 0.717) is 5.69 Å². The minimum absolute atomic E-state index is 0.0334. The fraction of sp³-hybridized carbons (Fsp3) is 0.214. The lowest BCUT2D eigenvalue weighted by atomic mass is 10.2. The summed E-state index contributed by atoms with van der Waals surface area (Å²) in [6.45, 7) is 1.73. The van der Waals surface area contributed by atoms with Gasteiger partial charge in [-0.15, -0.1) is 0 Å². The highest BCUT2D eigenvalue weighted by molar-refractivity contribution is 9.10. The molecule has 1 heterocycles. The first-order chi connectivity index (χ1) is 12.8. The smallest absolute Gasteiger partial charge is 0.309 e. The van der Waals surface area contributed by atoms with Crippen molar-refractivity contribution in [3.05, 3.63) is 34.2 Å². The summed E-state index contributed by atoms with van der Waals surface area (Å²) in [6, 6.07) is 3.67. The second-order valence-electron chi connectivity index (χ2n) is 5.28. The first kappa shape index (κ1) is 20.1. The standard InChI is InChI=1S/C14H15BrFN7O4/c1-6(5-18-14(25)11(17)24)19-13-10(22-27-23-13)12(21-26)20-7-2-3-9(16)8(15)4-7/h2-4,6,26H,5H2,1H3,(H2,17,24)(H,18,25)(H,19,23)(H,20,21). The van der Waals surface area contributed by atoms with Crippen LogP contribution in [0.1, 0.15) is 12.6 Å². The Morgan fingerprint density at radius 3 is 2.81 bits per heavy atom. The van der Waals surface area contributed by atoms with E-state index in [0.717, 1.165) is 0 Å². The van der Waals surface area contributed by atoms with E-state index in [2.05, 4.69) is 52.0 Å². The average molecular weight is 444 g/mol. The molecule has 0 bridgehead atoms. The van der Waals surface area contributed by atoms with Crippen LogP contribution in [-0.2, 0) is 9.59 Å². The lowest BCUT2D eigenvalue weighted by molar-refractivity contribution is -0.137. The van der Waals surface area contributed by atoms with Crippen LogP contribution in [0.5, 0.6) is 0 Å². The number of hydrogen-bond acceptors (Lipinski definition) is 8. The number of rotatable bonds is 6. The van der Waals surface area contributed by atoms with Crippen molar-refractivity contribution in [1.82, 2.24) is 15.6 Å². The predicted octanol–water partition coefficient (Wildman–Crippen LogP) is 0.621. The number of aromatic nitrogens is 2. The number of nitrogens with zero attached hydrogens (tertiary/aromatic N) is 3. The van der Waals surface area contributed by atoms with Crippen LogP contribution in [0.2, 0.25) is 0 Å². The second-order valence-corrected chi connectivity index (χ2v) is 6.14. The first-order valence-electron chi connectivity index (χ1n) is 7.43. The van der Waals surface area contributed by atoms with Crippen LogP contribution in [0, 0.1) is 5.82 Å². The molecule has 1 unspecified atom stereocenters. The number of hydrogen-bond donors (Lipinski definition) is 5. The summed E-state index contributed by atoms with van der Waals surface area (Å²) in [4.78, 5) is 21.9. The number of nitrogens with two attached hydrogens (primary N) is 1. The third kappa shape index (κ3) is 5.37. The number of amidine groups is 1. The molecule has 0 saturated heterocycles. The number of amides is 2. The Morgan fingerprint density at radius 2 is 2.19 bits per heavy atom. The van der Waals surface area contributed by atoms with E-state index in [1.54, 1.807) is 6.92 Å². The highest BCUT2D eigenvalue weighted by Crippen LogP contribution is 2.21. The maximum absolute atomic E-state index is 13.3. The molecule has 144 valence electrons. The quantitative estimate of drug-likeness (QED) is 0.142. The fourth-order valence-corrected chi connectivity index (χ4v) is 2.28. The monoisotopic (exact) mass is 443 g/mol. The number of anilines is 2. The van der Waals surface area contributed by atoms with Crippen LogP contribution < -0.4 is 21.7 Å². The largest absolute Gasteiger partial charge is 0.409 e. The summed E-state index contributed by atoms with van der Waals surface area (Å²) in [6.07, 6.45) is 0. The van der Waals surface area contributed by atoms with E-state index in [1.165, 1.54) is 18.2 Å². The van der Waals surface area contributed by atoms with Crippen LogP contribution >= 0.6 is 15.9 Å². The molecular weight excluding hydrogens is 429 g/mol. The molecule has 2 aromatic rings. The zero-order chi connectivity index (χ0) is 20.0. The number of primary amides is 1. The Kier molecular flexibility index (Phi) is 6.65. The van der Waals surface area contributed by atoms with Crippen molar-refractivity contribution in [2.45, 2.75) is 13.0 Å². The molecular formula is C14H15BrFN7O4. The molecule has 6 N–H and O–H groups in total. The van der Waals surface area contributed by atoms with Crippen LogP contribution in [0.15, 0.2) is 32.5 Å². The Labute approximate surface area is 160 Å². The van der Waals surface area contributed by atoms with Gasteiger partial charge in [-0.2, -0.15) is 0 Å². The number of carbonyl (C=O) groups is 2. The molecule has 0 aliphatic heterocycles. The van der Waals surface area contributed by atoms with E-state index >= 15 is 0 Å². The van der Waals surface area contributed by atoms with Crippen LogP contribution in [0.3, 0.4) is 0 Å². The summed E-state index contributed by atoms with van der Waals surface area (Å²) >= 11 is 3.05. The molecule has 27 heavy (non-hydrogen) atoms. The zero-order valence-corrected chi connectivity index (χ0v) is 15.4. The van der Waals surface area contributed by atoms with E-state index in [4.69, 9.17) is 5.73 Å². The number of nitrogens with one attached hydrogen (secondary N) is 3. The first-order valence-corrected chi connectivity index (χ1v) is 8.22. The van der Waals surface area contributed by atoms with Gasteiger partial charge in [0, 0.05) is 18.3 Å². The fourth-order valence-electron chi connectivity index (χ4n) is 1.90. The van der Waals surface area contributed by atoms with E-state index in [9.17, 15) is 19.2 Å². The Morgan fingerprint density at radius 1 is 1.44 bits per heavy atom. The van der Waals surface area contributed by atoms with Gasteiger partial charge in [-0.05, 0) is 51.4 Å². The second kappa shape index (κ2) is 8.93. The number of oxime groups is 1. The highest BCUT2D eigenvalue weighted by atomic mass is 79.9. The Hall–Kier alpha value is -3.22. The molecule has 11 nitrogen and oxygen atoms in total. The average Bonchev–Trinajstić information content (AvgIpc) is 3.08. The molecule has 2 amide bonds. The maximum Gasteiger partial charge on any atom is 0.309 e. The molecule has 1 aromatic heterocycles. The Balaban J connectivity index is 2.08.